The van der Waals surface area contributed by atoms with E-state index < -0.39 is 0 Å². The van der Waals surface area contributed by atoms with Gasteiger partial charge in [0.15, 0.2) is 0 Å². The van der Waals surface area contributed by atoms with Gasteiger partial charge >= 0.3 is 0 Å². The van der Waals surface area contributed by atoms with Crippen LogP contribution in [-0.2, 0) is 0 Å². The van der Waals surface area contributed by atoms with Crippen molar-refractivity contribution in [1.29, 1.82) is 0 Å². The fourth-order valence-electron chi connectivity index (χ4n) is 3.55. The van der Waals surface area contributed by atoms with Crippen molar-refractivity contribution in [3.63, 3.8) is 0 Å². The molecule has 2 N–H and O–H groups in total. The highest BCUT2D eigenvalue weighted by Crippen LogP contribution is 2.37. The summed E-state index contributed by atoms with van der Waals surface area (Å²) in [7, 11) is 0. The summed E-state index contributed by atoms with van der Waals surface area (Å²) in [6.07, 6.45) is 8.86. The molecule has 2 fully saturated rings. The molecule has 1 saturated carbocycles. The number of nitrogens with one attached hydrogen (secondary N) is 1. The molecule has 106 valence electrons. The molecule has 0 aromatic rings. The third-order valence-corrected chi connectivity index (χ3v) is 4.89. The second kappa shape index (κ2) is 6.88. The maximum Gasteiger partial charge on any atom is 0.0499 e. The lowest BCUT2D eigenvalue weighted by Crippen LogP contribution is -2.46. The van der Waals surface area contributed by atoms with Gasteiger partial charge in [0.25, 0.3) is 0 Å². The van der Waals surface area contributed by atoms with E-state index in [0.717, 1.165) is 6.54 Å². The van der Waals surface area contributed by atoms with Crippen LogP contribution < -0.4 is 5.32 Å². The quantitative estimate of drug-likeness (QED) is 0.761. The Balaban J connectivity index is 1.68. The van der Waals surface area contributed by atoms with Crippen LogP contribution in [0.3, 0.4) is 0 Å². The van der Waals surface area contributed by atoms with E-state index >= 15 is 0 Å². The van der Waals surface area contributed by atoms with E-state index in [1.807, 2.05) is 0 Å². The Morgan fingerprint density at radius 1 is 1.22 bits per heavy atom. The number of rotatable bonds is 6. The first kappa shape index (κ1) is 14.3. The van der Waals surface area contributed by atoms with Crippen molar-refractivity contribution < 1.29 is 5.11 Å². The van der Waals surface area contributed by atoms with Gasteiger partial charge in [0.05, 0.1) is 0 Å². The lowest BCUT2D eigenvalue weighted by Gasteiger charge is -2.35. The van der Waals surface area contributed by atoms with E-state index in [-0.39, 0.29) is 5.41 Å². The monoisotopic (exact) mass is 254 g/mol. The molecular formula is C15H30N2O. The van der Waals surface area contributed by atoms with Gasteiger partial charge in [-0.1, -0.05) is 19.8 Å². The zero-order valence-electron chi connectivity index (χ0n) is 12.0. The van der Waals surface area contributed by atoms with Gasteiger partial charge in [-0.15, -0.1) is 0 Å². The summed E-state index contributed by atoms with van der Waals surface area (Å²) < 4.78 is 0. The van der Waals surface area contributed by atoms with Crippen LogP contribution in [0.2, 0.25) is 0 Å². The smallest absolute Gasteiger partial charge is 0.0499 e. The third kappa shape index (κ3) is 3.69. The van der Waals surface area contributed by atoms with Crippen LogP contribution in [0.25, 0.3) is 0 Å². The molecule has 0 radical (unpaired) electrons. The summed E-state index contributed by atoms with van der Waals surface area (Å²) in [6, 6.07) is 0.683. The molecule has 1 aliphatic carbocycles. The Morgan fingerprint density at radius 3 is 2.44 bits per heavy atom. The molecular weight excluding hydrogens is 224 g/mol. The standard InChI is InChI=1S/C15H30N2O/c1-2-9-17-10-5-14(6-11-17)16-12-15(13-18)7-3-4-8-15/h14,16,18H,2-13H2,1H3. The molecule has 1 heterocycles. The Bertz CT molecular complexity index is 231. The van der Waals surface area contributed by atoms with Crippen molar-refractivity contribution in [3.8, 4) is 0 Å². The van der Waals surface area contributed by atoms with Crippen LogP contribution in [-0.4, -0.2) is 48.8 Å². The summed E-state index contributed by atoms with van der Waals surface area (Å²) in [6.45, 7) is 7.41. The van der Waals surface area contributed by atoms with Crippen molar-refractivity contribution in [2.45, 2.75) is 57.9 Å². The minimum Gasteiger partial charge on any atom is -0.396 e. The van der Waals surface area contributed by atoms with Gasteiger partial charge in [0.2, 0.25) is 0 Å². The highest BCUT2D eigenvalue weighted by atomic mass is 16.3. The van der Waals surface area contributed by atoms with Gasteiger partial charge in [0.1, 0.15) is 0 Å². The number of nitrogens with zero attached hydrogens (tertiary/aromatic N) is 1. The summed E-state index contributed by atoms with van der Waals surface area (Å²) in [5.74, 6) is 0. The third-order valence-electron chi connectivity index (χ3n) is 4.89. The lowest BCUT2D eigenvalue weighted by molar-refractivity contribution is 0.116. The first-order chi connectivity index (χ1) is 8.78. The topological polar surface area (TPSA) is 35.5 Å². The van der Waals surface area contributed by atoms with Crippen LogP contribution in [0.5, 0.6) is 0 Å². The molecule has 1 aliphatic heterocycles. The minimum absolute atomic E-state index is 0.209. The minimum atomic E-state index is 0.209. The molecule has 0 aromatic heterocycles. The highest BCUT2D eigenvalue weighted by Gasteiger charge is 2.33. The molecule has 0 unspecified atom stereocenters. The van der Waals surface area contributed by atoms with Gasteiger partial charge in [-0.05, 0) is 51.7 Å². The average Bonchev–Trinajstić information content (AvgIpc) is 2.88. The zero-order valence-corrected chi connectivity index (χ0v) is 12.0. The van der Waals surface area contributed by atoms with Gasteiger partial charge in [0, 0.05) is 24.6 Å². The fourth-order valence-corrected chi connectivity index (χ4v) is 3.55. The van der Waals surface area contributed by atoms with Gasteiger partial charge in [-0.3, -0.25) is 0 Å². The molecule has 18 heavy (non-hydrogen) atoms. The van der Waals surface area contributed by atoms with Crippen molar-refractivity contribution in [2.75, 3.05) is 32.8 Å². The highest BCUT2D eigenvalue weighted by molar-refractivity contribution is 4.88. The Kier molecular flexibility index (Phi) is 5.46. The number of hydrogen-bond acceptors (Lipinski definition) is 3. The zero-order chi connectivity index (χ0) is 12.8. The molecule has 1 saturated heterocycles. The van der Waals surface area contributed by atoms with Crippen LogP contribution in [0.4, 0.5) is 0 Å². The van der Waals surface area contributed by atoms with Crippen LogP contribution in [0.15, 0.2) is 0 Å². The Hall–Kier alpha value is -0.120. The van der Waals surface area contributed by atoms with Crippen molar-refractivity contribution in [3.05, 3.63) is 0 Å². The molecule has 0 aromatic carbocycles. The predicted molar refractivity (Wildman–Crippen MR) is 75.7 cm³/mol. The summed E-state index contributed by atoms with van der Waals surface area (Å²) in [5, 5.41) is 13.3. The van der Waals surface area contributed by atoms with Crippen molar-refractivity contribution in [2.24, 2.45) is 5.41 Å². The number of aliphatic hydroxyl groups is 1. The van der Waals surface area contributed by atoms with Crippen molar-refractivity contribution in [1.82, 2.24) is 10.2 Å². The molecule has 0 bridgehead atoms. The van der Waals surface area contributed by atoms with E-state index in [9.17, 15) is 5.11 Å². The fraction of sp³-hybridized carbons (Fsp3) is 1.00. The van der Waals surface area contributed by atoms with E-state index in [1.165, 1.54) is 64.6 Å². The van der Waals surface area contributed by atoms with E-state index in [0.29, 0.717) is 12.6 Å². The maximum absolute atomic E-state index is 9.61. The lowest BCUT2D eigenvalue weighted by atomic mass is 9.86. The molecule has 0 amide bonds. The Labute approximate surface area is 112 Å². The molecule has 2 aliphatic rings. The molecule has 2 rings (SSSR count). The molecule has 3 nitrogen and oxygen atoms in total. The number of piperidine rings is 1. The van der Waals surface area contributed by atoms with Crippen LogP contribution in [0, 0.1) is 5.41 Å². The second-order valence-corrected chi connectivity index (χ2v) is 6.36. The SMILES string of the molecule is CCCN1CCC(NCC2(CO)CCCC2)CC1. The van der Waals surface area contributed by atoms with E-state index in [1.54, 1.807) is 0 Å². The molecule has 0 spiro atoms. The van der Waals surface area contributed by atoms with Crippen LogP contribution >= 0.6 is 0 Å². The average molecular weight is 254 g/mol. The van der Waals surface area contributed by atoms with Gasteiger partial charge in [-0.2, -0.15) is 0 Å². The van der Waals surface area contributed by atoms with Crippen LogP contribution in [0.1, 0.15) is 51.9 Å². The van der Waals surface area contributed by atoms with Crippen molar-refractivity contribution >= 4 is 0 Å². The van der Waals surface area contributed by atoms with Gasteiger partial charge < -0.3 is 15.3 Å². The first-order valence-corrected chi connectivity index (χ1v) is 7.84. The summed E-state index contributed by atoms with van der Waals surface area (Å²) >= 11 is 0. The number of aliphatic hydroxyl groups excluding tert-OH is 1. The number of likely N-dealkylation sites (tertiary alicyclic amines) is 1. The predicted octanol–water partition coefficient (Wildman–Crippen LogP) is 2.00. The Morgan fingerprint density at radius 2 is 1.89 bits per heavy atom. The second-order valence-electron chi connectivity index (χ2n) is 6.36. The summed E-state index contributed by atoms with van der Waals surface area (Å²) in [5.41, 5.74) is 0.209. The maximum atomic E-state index is 9.61. The van der Waals surface area contributed by atoms with E-state index in [4.69, 9.17) is 0 Å². The summed E-state index contributed by atoms with van der Waals surface area (Å²) in [4.78, 5) is 2.58. The first-order valence-electron chi connectivity index (χ1n) is 7.84. The molecule has 0 atom stereocenters. The van der Waals surface area contributed by atoms with Gasteiger partial charge in [-0.25, -0.2) is 0 Å². The molecule has 3 heteroatoms. The van der Waals surface area contributed by atoms with E-state index in [2.05, 4.69) is 17.1 Å². The normalized spacial score (nSPS) is 25.7. The number of hydrogen-bond donors (Lipinski definition) is 2. The largest absolute Gasteiger partial charge is 0.396 e.